The molecule has 3 heterocycles. The fourth-order valence-electron chi connectivity index (χ4n) is 5.27. The van der Waals surface area contributed by atoms with Gasteiger partial charge in [-0.15, -0.1) is 0 Å². The molecule has 5 rings (SSSR count). The number of ether oxygens (including phenoxy) is 1. The molecule has 0 radical (unpaired) electrons. The summed E-state index contributed by atoms with van der Waals surface area (Å²) in [6.07, 6.45) is 18.3. The summed E-state index contributed by atoms with van der Waals surface area (Å²) < 4.78 is 6.07. The molecule has 2 fully saturated rings. The summed E-state index contributed by atoms with van der Waals surface area (Å²) in [6.45, 7) is 2.90. The smallest absolute Gasteiger partial charge is 0.213 e. The minimum Gasteiger partial charge on any atom is -0.474 e. The predicted molar refractivity (Wildman–Crippen MR) is 117 cm³/mol. The first-order valence-electron chi connectivity index (χ1n) is 12.0. The van der Waals surface area contributed by atoms with E-state index < -0.39 is 0 Å². The molecule has 5 nitrogen and oxygen atoms in total. The van der Waals surface area contributed by atoms with Crippen LogP contribution in [0.3, 0.4) is 0 Å². The molecule has 30 heavy (non-hydrogen) atoms. The van der Waals surface area contributed by atoms with Crippen LogP contribution in [0.1, 0.15) is 92.8 Å². The summed E-state index contributed by atoms with van der Waals surface area (Å²) in [4.78, 5) is 16.8. The van der Waals surface area contributed by atoms with Crippen LogP contribution in [-0.2, 0) is 19.5 Å². The van der Waals surface area contributed by atoms with Gasteiger partial charge in [0.05, 0.1) is 0 Å². The van der Waals surface area contributed by atoms with Gasteiger partial charge in [-0.2, -0.15) is 0 Å². The highest BCUT2D eigenvalue weighted by Crippen LogP contribution is 2.31. The van der Waals surface area contributed by atoms with Crippen LogP contribution in [0.15, 0.2) is 24.5 Å². The van der Waals surface area contributed by atoms with E-state index in [4.69, 9.17) is 14.7 Å². The summed E-state index contributed by atoms with van der Waals surface area (Å²) in [5.41, 5.74) is 3.82. The van der Waals surface area contributed by atoms with Gasteiger partial charge in [-0.3, -0.25) is 4.90 Å². The predicted octanol–water partition coefficient (Wildman–Crippen LogP) is 5.19. The number of aromatic nitrogens is 3. The van der Waals surface area contributed by atoms with Crippen molar-refractivity contribution in [3.8, 4) is 5.88 Å². The zero-order valence-corrected chi connectivity index (χ0v) is 18.1. The lowest BCUT2D eigenvalue weighted by Crippen LogP contribution is -2.31. The lowest BCUT2D eigenvalue weighted by molar-refractivity contribution is 0.148. The fraction of sp³-hybridized carbons (Fsp3) is 0.640. The van der Waals surface area contributed by atoms with Crippen LogP contribution >= 0.6 is 0 Å². The number of hydrogen-bond donors (Lipinski definition) is 0. The largest absolute Gasteiger partial charge is 0.474 e. The third kappa shape index (κ3) is 4.83. The first-order valence-corrected chi connectivity index (χ1v) is 12.0. The van der Waals surface area contributed by atoms with Gasteiger partial charge in [0.15, 0.2) is 0 Å². The molecular weight excluding hydrogens is 372 g/mol. The van der Waals surface area contributed by atoms with Gasteiger partial charge in [0.1, 0.15) is 11.9 Å². The molecule has 1 aliphatic heterocycles. The standard InChI is InChI=1S/C25H34N4O/c1-3-7-20(8-4-1)25-27-16-21-18-29(14-13-23(21)28-25)17-19-11-12-24(26-15-19)30-22-9-5-2-6-10-22/h11-12,15-16,20,22H,1-10,13-14,17-18H2. The van der Waals surface area contributed by atoms with Gasteiger partial charge >= 0.3 is 0 Å². The number of pyridine rings is 1. The van der Waals surface area contributed by atoms with Gasteiger partial charge in [-0.05, 0) is 44.1 Å². The third-order valence-electron chi connectivity index (χ3n) is 7.05. The zero-order valence-electron chi connectivity index (χ0n) is 18.1. The monoisotopic (exact) mass is 406 g/mol. The van der Waals surface area contributed by atoms with Crippen molar-refractivity contribution >= 4 is 0 Å². The van der Waals surface area contributed by atoms with Crippen molar-refractivity contribution in [3.63, 3.8) is 0 Å². The molecule has 5 heteroatoms. The van der Waals surface area contributed by atoms with Crippen molar-refractivity contribution in [3.05, 3.63) is 47.2 Å². The third-order valence-corrected chi connectivity index (χ3v) is 7.05. The van der Waals surface area contributed by atoms with Crippen molar-refractivity contribution in [1.29, 1.82) is 0 Å². The normalized spacial score (nSPS) is 21.3. The first kappa shape index (κ1) is 19.9. The Hall–Kier alpha value is -2.01. The summed E-state index contributed by atoms with van der Waals surface area (Å²) in [7, 11) is 0. The van der Waals surface area contributed by atoms with Gasteiger partial charge in [0.25, 0.3) is 0 Å². The molecule has 0 unspecified atom stereocenters. The summed E-state index contributed by atoms with van der Waals surface area (Å²) >= 11 is 0. The average Bonchev–Trinajstić information content (AvgIpc) is 2.81. The van der Waals surface area contributed by atoms with Crippen molar-refractivity contribution in [2.24, 2.45) is 0 Å². The number of rotatable bonds is 5. The second kappa shape index (κ2) is 9.42. The molecule has 0 atom stereocenters. The Morgan fingerprint density at radius 1 is 0.900 bits per heavy atom. The maximum atomic E-state index is 6.07. The average molecular weight is 407 g/mol. The molecule has 0 bridgehead atoms. The Bertz CT molecular complexity index is 826. The molecular formula is C25H34N4O. The molecule has 2 aromatic heterocycles. The van der Waals surface area contributed by atoms with Gasteiger partial charge in [0, 0.05) is 61.7 Å². The molecule has 2 aliphatic carbocycles. The van der Waals surface area contributed by atoms with Crippen LogP contribution in [0.25, 0.3) is 0 Å². The maximum absolute atomic E-state index is 6.07. The summed E-state index contributed by atoms with van der Waals surface area (Å²) in [5.74, 6) is 2.46. The Morgan fingerprint density at radius 3 is 2.47 bits per heavy atom. The van der Waals surface area contributed by atoms with Crippen molar-refractivity contribution < 1.29 is 4.74 Å². The van der Waals surface area contributed by atoms with E-state index in [-0.39, 0.29) is 0 Å². The molecule has 0 spiro atoms. The van der Waals surface area contributed by atoms with Crippen LogP contribution < -0.4 is 4.74 Å². The highest BCUT2D eigenvalue weighted by atomic mass is 16.5. The highest BCUT2D eigenvalue weighted by Gasteiger charge is 2.23. The highest BCUT2D eigenvalue weighted by molar-refractivity contribution is 5.23. The number of nitrogens with zero attached hydrogens (tertiary/aromatic N) is 4. The van der Waals surface area contributed by atoms with E-state index in [1.807, 2.05) is 12.3 Å². The quantitative estimate of drug-likeness (QED) is 0.684. The summed E-state index contributed by atoms with van der Waals surface area (Å²) in [6, 6.07) is 4.21. The molecule has 0 amide bonds. The van der Waals surface area contributed by atoms with Crippen molar-refractivity contribution in [2.75, 3.05) is 6.54 Å². The van der Waals surface area contributed by atoms with Crippen molar-refractivity contribution in [1.82, 2.24) is 19.9 Å². The van der Waals surface area contributed by atoms with E-state index in [9.17, 15) is 0 Å². The Morgan fingerprint density at radius 2 is 1.70 bits per heavy atom. The summed E-state index contributed by atoms with van der Waals surface area (Å²) in [5, 5.41) is 0. The van der Waals surface area contributed by atoms with E-state index in [1.165, 1.54) is 81.0 Å². The molecule has 3 aliphatic rings. The van der Waals surface area contributed by atoms with E-state index in [2.05, 4.69) is 22.1 Å². The van der Waals surface area contributed by atoms with Crippen LogP contribution in [-0.4, -0.2) is 32.5 Å². The van der Waals surface area contributed by atoms with E-state index >= 15 is 0 Å². The SMILES string of the molecule is c1cc(OC2CCCCC2)ncc1CN1CCc2nc(C3CCCCC3)ncc2C1. The van der Waals surface area contributed by atoms with E-state index in [1.54, 1.807) is 0 Å². The molecule has 0 N–H and O–H groups in total. The van der Waals surface area contributed by atoms with Gasteiger partial charge in [-0.25, -0.2) is 15.0 Å². The molecule has 2 aromatic rings. The van der Waals surface area contributed by atoms with Gasteiger partial charge in [0.2, 0.25) is 5.88 Å². The Balaban J connectivity index is 1.17. The van der Waals surface area contributed by atoms with Crippen LogP contribution in [0.2, 0.25) is 0 Å². The minimum absolute atomic E-state index is 0.356. The molecule has 0 saturated heterocycles. The molecule has 160 valence electrons. The molecule has 2 saturated carbocycles. The van der Waals surface area contributed by atoms with Gasteiger partial charge in [-0.1, -0.05) is 31.7 Å². The second-order valence-electron chi connectivity index (χ2n) is 9.38. The lowest BCUT2D eigenvalue weighted by Gasteiger charge is -2.29. The van der Waals surface area contributed by atoms with Gasteiger partial charge < -0.3 is 4.74 Å². The minimum atomic E-state index is 0.356. The molecule has 0 aromatic carbocycles. The fourth-order valence-corrected chi connectivity index (χ4v) is 5.27. The van der Waals surface area contributed by atoms with Crippen LogP contribution in [0, 0.1) is 0 Å². The van der Waals surface area contributed by atoms with E-state index in [0.717, 1.165) is 37.8 Å². The topological polar surface area (TPSA) is 51.1 Å². The second-order valence-corrected chi connectivity index (χ2v) is 9.38. The Kier molecular flexibility index (Phi) is 6.26. The van der Waals surface area contributed by atoms with E-state index in [0.29, 0.717) is 12.0 Å². The lowest BCUT2D eigenvalue weighted by atomic mass is 9.88. The first-order chi connectivity index (χ1) is 14.8. The van der Waals surface area contributed by atoms with Crippen LogP contribution in [0.4, 0.5) is 0 Å². The number of hydrogen-bond acceptors (Lipinski definition) is 5. The van der Waals surface area contributed by atoms with Crippen LogP contribution in [0.5, 0.6) is 5.88 Å². The maximum Gasteiger partial charge on any atom is 0.213 e. The Labute approximate surface area is 180 Å². The zero-order chi connectivity index (χ0) is 20.2. The number of fused-ring (bicyclic) bond motifs is 1. The van der Waals surface area contributed by atoms with Crippen molar-refractivity contribution in [2.45, 2.75) is 95.7 Å².